The van der Waals surface area contributed by atoms with Crippen LogP contribution in [0.15, 0.2) is 18.2 Å². The standard InChI is InChI=1S/C15H24FNO2/c1-3-4-9-19-10-5-8-17-12(2)14-7-6-13(18)11-15(14)16/h6-7,11-12,17-18H,3-5,8-10H2,1-2H3. The van der Waals surface area contributed by atoms with E-state index in [-0.39, 0.29) is 17.6 Å². The SMILES string of the molecule is CCCCOCCCNC(C)c1ccc(O)cc1F. The van der Waals surface area contributed by atoms with Gasteiger partial charge in [0.05, 0.1) is 0 Å². The summed E-state index contributed by atoms with van der Waals surface area (Å²) >= 11 is 0. The van der Waals surface area contributed by atoms with Gasteiger partial charge in [-0.3, -0.25) is 0 Å². The molecule has 2 N–H and O–H groups in total. The minimum atomic E-state index is -0.376. The van der Waals surface area contributed by atoms with Crippen molar-refractivity contribution in [1.82, 2.24) is 5.32 Å². The molecular weight excluding hydrogens is 245 g/mol. The Hall–Kier alpha value is -1.13. The van der Waals surface area contributed by atoms with Crippen molar-refractivity contribution in [3.8, 4) is 5.75 Å². The number of unbranched alkanes of at least 4 members (excludes halogenated alkanes) is 1. The molecule has 0 saturated carbocycles. The number of phenols is 1. The van der Waals surface area contributed by atoms with E-state index in [9.17, 15) is 4.39 Å². The van der Waals surface area contributed by atoms with Gasteiger partial charge in [-0.05, 0) is 32.4 Å². The van der Waals surface area contributed by atoms with Crippen molar-refractivity contribution in [1.29, 1.82) is 0 Å². The number of benzene rings is 1. The first kappa shape index (κ1) is 15.9. The van der Waals surface area contributed by atoms with Gasteiger partial charge in [-0.15, -0.1) is 0 Å². The fourth-order valence-corrected chi connectivity index (χ4v) is 1.82. The quantitative estimate of drug-likeness (QED) is 0.675. The summed E-state index contributed by atoms with van der Waals surface area (Å²) in [5, 5.41) is 12.4. The molecule has 0 aromatic heterocycles. The van der Waals surface area contributed by atoms with E-state index >= 15 is 0 Å². The summed E-state index contributed by atoms with van der Waals surface area (Å²) in [6.45, 7) is 6.39. The number of hydrogen-bond acceptors (Lipinski definition) is 3. The van der Waals surface area contributed by atoms with Crippen molar-refractivity contribution < 1.29 is 14.2 Å². The highest BCUT2D eigenvalue weighted by Gasteiger charge is 2.10. The molecule has 0 amide bonds. The zero-order valence-corrected chi connectivity index (χ0v) is 11.8. The number of halogens is 1. The second-order valence-corrected chi connectivity index (χ2v) is 4.70. The third kappa shape index (κ3) is 6.03. The molecule has 1 atom stereocenters. The Labute approximate surface area is 114 Å². The molecule has 4 heteroatoms. The molecule has 0 spiro atoms. The van der Waals surface area contributed by atoms with Crippen LogP contribution in [0.5, 0.6) is 5.75 Å². The summed E-state index contributed by atoms with van der Waals surface area (Å²) in [6, 6.07) is 4.18. The Bertz CT molecular complexity index is 371. The predicted octanol–water partition coefficient (Wildman–Crippen LogP) is 3.39. The Balaban J connectivity index is 2.22. The molecule has 0 heterocycles. The zero-order chi connectivity index (χ0) is 14.1. The molecular formula is C15H24FNO2. The van der Waals surface area contributed by atoms with E-state index in [1.54, 1.807) is 6.07 Å². The number of phenolic OH excluding ortho intramolecular Hbond substituents is 1. The first-order valence-corrected chi connectivity index (χ1v) is 6.94. The molecule has 1 aromatic rings. The lowest BCUT2D eigenvalue weighted by Gasteiger charge is -2.15. The Morgan fingerprint density at radius 3 is 2.74 bits per heavy atom. The monoisotopic (exact) mass is 269 g/mol. The Morgan fingerprint density at radius 1 is 1.32 bits per heavy atom. The van der Waals surface area contributed by atoms with Crippen LogP contribution in [0, 0.1) is 5.82 Å². The van der Waals surface area contributed by atoms with Gasteiger partial charge in [-0.25, -0.2) is 4.39 Å². The van der Waals surface area contributed by atoms with Crippen LogP contribution in [0.1, 0.15) is 44.7 Å². The zero-order valence-electron chi connectivity index (χ0n) is 11.8. The molecule has 1 rings (SSSR count). The summed E-state index contributed by atoms with van der Waals surface area (Å²) in [6.07, 6.45) is 3.16. The molecule has 0 saturated heterocycles. The summed E-state index contributed by atoms with van der Waals surface area (Å²) < 4.78 is 19.0. The number of rotatable bonds is 9. The van der Waals surface area contributed by atoms with Crippen molar-refractivity contribution in [2.75, 3.05) is 19.8 Å². The first-order valence-electron chi connectivity index (χ1n) is 6.94. The third-order valence-electron chi connectivity index (χ3n) is 3.01. The number of hydrogen-bond donors (Lipinski definition) is 2. The Morgan fingerprint density at radius 2 is 2.05 bits per heavy atom. The summed E-state index contributed by atoms with van der Waals surface area (Å²) in [7, 11) is 0. The minimum Gasteiger partial charge on any atom is -0.508 e. The molecule has 0 fully saturated rings. The molecule has 0 aliphatic rings. The van der Waals surface area contributed by atoms with Gasteiger partial charge in [-0.1, -0.05) is 19.4 Å². The maximum atomic E-state index is 13.6. The lowest BCUT2D eigenvalue weighted by molar-refractivity contribution is 0.128. The molecule has 1 aromatic carbocycles. The van der Waals surface area contributed by atoms with E-state index in [4.69, 9.17) is 9.84 Å². The number of aromatic hydroxyl groups is 1. The topological polar surface area (TPSA) is 41.5 Å². The second-order valence-electron chi connectivity index (χ2n) is 4.70. The van der Waals surface area contributed by atoms with E-state index in [1.807, 2.05) is 6.92 Å². The van der Waals surface area contributed by atoms with Gasteiger partial charge in [0.25, 0.3) is 0 Å². The van der Waals surface area contributed by atoms with Gasteiger partial charge >= 0.3 is 0 Å². The lowest BCUT2D eigenvalue weighted by Crippen LogP contribution is -2.21. The highest BCUT2D eigenvalue weighted by Crippen LogP contribution is 2.20. The molecule has 0 bridgehead atoms. The van der Waals surface area contributed by atoms with Crippen molar-refractivity contribution in [3.63, 3.8) is 0 Å². The molecule has 108 valence electrons. The Kier molecular flexibility index (Phi) is 7.45. The minimum absolute atomic E-state index is 0.0437. The van der Waals surface area contributed by atoms with Crippen LogP contribution in [0.2, 0.25) is 0 Å². The van der Waals surface area contributed by atoms with E-state index in [2.05, 4.69) is 12.2 Å². The van der Waals surface area contributed by atoms with Crippen LogP contribution in [0.25, 0.3) is 0 Å². The van der Waals surface area contributed by atoms with Crippen molar-refractivity contribution in [2.24, 2.45) is 0 Å². The van der Waals surface area contributed by atoms with Gasteiger partial charge in [0.2, 0.25) is 0 Å². The van der Waals surface area contributed by atoms with Gasteiger partial charge < -0.3 is 15.2 Å². The largest absolute Gasteiger partial charge is 0.508 e. The van der Waals surface area contributed by atoms with E-state index in [0.29, 0.717) is 5.56 Å². The average Bonchev–Trinajstić information content (AvgIpc) is 2.37. The summed E-state index contributed by atoms with van der Waals surface area (Å²) in [5.74, 6) is -0.419. The van der Waals surface area contributed by atoms with Crippen LogP contribution in [0.3, 0.4) is 0 Å². The normalized spacial score (nSPS) is 12.6. The van der Waals surface area contributed by atoms with Gasteiger partial charge in [0, 0.05) is 30.9 Å². The van der Waals surface area contributed by atoms with E-state index in [0.717, 1.165) is 45.1 Å². The molecule has 3 nitrogen and oxygen atoms in total. The van der Waals surface area contributed by atoms with Gasteiger partial charge in [-0.2, -0.15) is 0 Å². The summed E-state index contributed by atoms with van der Waals surface area (Å²) in [5.41, 5.74) is 0.574. The third-order valence-corrected chi connectivity index (χ3v) is 3.01. The molecule has 19 heavy (non-hydrogen) atoms. The number of ether oxygens (including phenoxy) is 1. The molecule has 1 unspecified atom stereocenters. The van der Waals surface area contributed by atoms with E-state index < -0.39 is 0 Å². The van der Waals surface area contributed by atoms with Crippen molar-refractivity contribution in [3.05, 3.63) is 29.6 Å². The van der Waals surface area contributed by atoms with Crippen molar-refractivity contribution >= 4 is 0 Å². The van der Waals surface area contributed by atoms with Crippen LogP contribution in [-0.4, -0.2) is 24.9 Å². The van der Waals surface area contributed by atoms with Crippen LogP contribution in [0.4, 0.5) is 4.39 Å². The van der Waals surface area contributed by atoms with Crippen LogP contribution < -0.4 is 5.32 Å². The predicted molar refractivity (Wildman–Crippen MR) is 74.8 cm³/mol. The maximum Gasteiger partial charge on any atom is 0.131 e. The maximum absolute atomic E-state index is 13.6. The number of nitrogens with one attached hydrogen (secondary N) is 1. The van der Waals surface area contributed by atoms with Gasteiger partial charge in [0.1, 0.15) is 11.6 Å². The van der Waals surface area contributed by atoms with Gasteiger partial charge in [0.15, 0.2) is 0 Å². The fourth-order valence-electron chi connectivity index (χ4n) is 1.82. The van der Waals surface area contributed by atoms with E-state index in [1.165, 1.54) is 6.07 Å². The summed E-state index contributed by atoms with van der Waals surface area (Å²) in [4.78, 5) is 0. The second kappa shape index (κ2) is 8.88. The fraction of sp³-hybridized carbons (Fsp3) is 0.600. The lowest BCUT2D eigenvalue weighted by atomic mass is 10.1. The van der Waals surface area contributed by atoms with Crippen molar-refractivity contribution in [2.45, 2.75) is 39.2 Å². The highest BCUT2D eigenvalue weighted by molar-refractivity contribution is 5.29. The van der Waals surface area contributed by atoms with Crippen LogP contribution >= 0.6 is 0 Å². The first-order chi connectivity index (χ1) is 9.15. The molecule has 0 aliphatic heterocycles. The highest BCUT2D eigenvalue weighted by atomic mass is 19.1. The average molecular weight is 269 g/mol. The molecule has 0 radical (unpaired) electrons. The molecule has 0 aliphatic carbocycles. The smallest absolute Gasteiger partial charge is 0.131 e. The van der Waals surface area contributed by atoms with Crippen LogP contribution in [-0.2, 0) is 4.74 Å².